The molecule has 0 fully saturated rings. The van der Waals surface area contributed by atoms with E-state index in [1.165, 1.54) is 15.8 Å². The molecule has 0 radical (unpaired) electrons. The Kier molecular flexibility index (Phi) is 3.61. The lowest BCUT2D eigenvalue weighted by Crippen LogP contribution is -1.93. The molecule has 2 nitrogen and oxygen atoms in total. The number of para-hydroxylation sites is 2. The van der Waals surface area contributed by atoms with Crippen LogP contribution >= 0.6 is 11.8 Å². The fourth-order valence-electron chi connectivity index (χ4n) is 2.31. The summed E-state index contributed by atoms with van der Waals surface area (Å²) >= 11 is 1.72. The molecule has 0 atom stereocenters. The van der Waals surface area contributed by atoms with Gasteiger partial charge in [-0.25, -0.2) is 0 Å². The Morgan fingerprint density at radius 3 is 2.60 bits per heavy atom. The number of thioether (sulfide) groups is 1. The van der Waals surface area contributed by atoms with Crippen molar-refractivity contribution in [2.75, 3.05) is 6.26 Å². The monoisotopic (exact) mass is 280 g/mol. The first-order valence-electron chi connectivity index (χ1n) is 6.51. The average molecular weight is 280 g/mol. The van der Waals surface area contributed by atoms with Crippen molar-refractivity contribution in [2.24, 2.45) is 12.0 Å². The number of fused-ring (bicyclic) bond motifs is 1. The summed E-state index contributed by atoms with van der Waals surface area (Å²) in [7, 11) is 2.07. The third-order valence-corrected chi connectivity index (χ3v) is 4.19. The van der Waals surface area contributed by atoms with E-state index in [0.717, 1.165) is 11.4 Å². The molecule has 2 aromatic carbocycles. The number of aromatic nitrogens is 1. The molecule has 100 valence electrons. The van der Waals surface area contributed by atoms with Crippen LogP contribution in [0.25, 0.3) is 10.9 Å². The fraction of sp³-hybridized carbons (Fsp3) is 0.118. The number of rotatable bonds is 3. The zero-order valence-electron chi connectivity index (χ0n) is 11.6. The molecule has 3 rings (SSSR count). The van der Waals surface area contributed by atoms with Gasteiger partial charge < -0.3 is 4.57 Å². The van der Waals surface area contributed by atoms with E-state index in [9.17, 15) is 0 Å². The topological polar surface area (TPSA) is 17.3 Å². The van der Waals surface area contributed by atoms with E-state index < -0.39 is 0 Å². The van der Waals surface area contributed by atoms with Gasteiger partial charge in [-0.15, -0.1) is 11.8 Å². The molecule has 0 saturated heterocycles. The van der Waals surface area contributed by atoms with Crippen LogP contribution in [0.1, 0.15) is 5.69 Å². The molecule has 0 saturated carbocycles. The van der Waals surface area contributed by atoms with Gasteiger partial charge in [-0.2, -0.15) is 0 Å². The number of hydrogen-bond acceptors (Lipinski definition) is 2. The second-order valence-electron chi connectivity index (χ2n) is 4.62. The van der Waals surface area contributed by atoms with Crippen LogP contribution in [-0.4, -0.2) is 17.0 Å². The summed E-state index contributed by atoms with van der Waals surface area (Å²) in [5, 5.41) is 1.25. The Morgan fingerprint density at radius 2 is 1.80 bits per heavy atom. The summed E-state index contributed by atoms with van der Waals surface area (Å²) in [5.74, 6) is 0. The minimum atomic E-state index is 1.02. The number of hydrogen-bond donors (Lipinski definition) is 0. The number of aryl methyl sites for hydroxylation is 1. The molecular formula is C17H16N2S. The van der Waals surface area contributed by atoms with E-state index in [1.807, 2.05) is 24.4 Å². The van der Waals surface area contributed by atoms with Crippen LogP contribution in [0.2, 0.25) is 0 Å². The molecular weight excluding hydrogens is 264 g/mol. The molecule has 0 bridgehead atoms. The van der Waals surface area contributed by atoms with E-state index >= 15 is 0 Å². The van der Waals surface area contributed by atoms with Crippen LogP contribution in [0.3, 0.4) is 0 Å². The van der Waals surface area contributed by atoms with E-state index in [0.29, 0.717) is 0 Å². The molecule has 0 aliphatic heterocycles. The Hall–Kier alpha value is -2.00. The van der Waals surface area contributed by atoms with Gasteiger partial charge in [-0.1, -0.05) is 30.3 Å². The second-order valence-corrected chi connectivity index (χ2v) is 5.47. The van der Waals surface area contributed by atoms with Crippen LogP contribution < -0.4 is 0 Å². The van der Waals surface area contributed by atoms with Crippen LogP contribution in [0.4, 0.5) is 5.69 Å². The number of aliphatic imine (C=N–C) groups is 1. The van der Waals surface area contributed by atoms with E-state index in [-0.39, 0.29) is 0 Å². The molecule has 1 aromatic heterocycles. The summed E-state index contributed by atoms with van der Waals surface area (Å²) in [5.41, 5.74) is 3.36. The zero-order chi connectivity index (χ0) is 13.9. The minimum absolute atomic E-state index is 1.02. The van der Waals surface area contributed by atoms with Crippen molar-refractivity contribution >= 4 is 34.6 Å². The lowest BCUT2D eigenvalue weighted by molar-refractivity contribution is 0.958. The quantitative estimate of drug-likeness (QED) is 0.504. The minimum Gasteiger partial charge on any atom is -0.343 e. The Bertz CT molecular complexity index is 772. The molecule has 0 amide bonds. The molecule has 3 heteroatoms. The normalized spacial score (nSPS) is 11.5. The zero-order valence-corrected chi connectivity index (χ0v) is 12.4. The SMILES string of the molecule is CSc1ccccc1N=Cc1cc2ccccc2n1C. The molecule has 20 heavy (non-hydrogen) atoms. The van der Waals surface area contributed by atoms with Gasteiger partial charge >= 0.3 is 0 Å². The number of benzene rings is 2. The summed E-state index contributed by atoms with van der Waals surface area (Å²) in [4.78, 5) is 5.83. The third-order valence-electron chi connectivity index (χ3n) is 3.41. The van der Waals surface area contributed by atoms with Gasteiger partial charge in [-0.3, -0.25) is 4.99 Å². The average Bonchev–Trinajstić information content (AvgIpc) is 2.82. The maximum absolute atomic E-state index is 4.64. The Morgan fingerprint density at radius 1 is 1.05 bits per heavy atom. The maximum Gasteiger partial charge on any atom is 0.0766 e. The molecule has 0 N–H and O–H groups in total. The van der Waals surface area contributed by atoms with Gasteiger partial charge in [-0.05, 0) is 30.5 Å². The molecule has 0 aliphatic rings. The molecule has 1 heterocycles. The van der Waals surface area contributed by atoms with Crippen molar-refractivity contribution < 1.29 is 0 Å². The highest BCUT2D eigenvalue weighted by molar-refractivity contribution is 7.98. The van der Waals surface area contributed by atoms with Crippen LogP contribution in [-0.2, 0) is 7.05 Å². The molecule has 0 unspecified atom stereocenters. The highest BCUT2D eigenvalue weighted by Gasteiger charge is 2.03. The second kappa shape index (κ2) is 5.55. The third kappa shape index (κ3) is 2.37. The van der Waals surface area contributed by atoms with Crippen molar-refractivity contribution in [3.05, 3.63) is 60.3 Å². The van der Waals surface area contributed by atoms with Crippen LogP contribution in [0.5, 0.6) is 0 Å². The van der Waals surface area contributed by atoms with E-state index in [2.05, 4.69) is 59.3 Å². The fourth-order valence-corrected chi connectivity index (χ4v) is 2.85. The predicted molar refractivity (Wildman–Crippen MR) is 88.4 cm³/mol. The van der Waals surface area contributed by atoms with E-state index in [1.54, 1.807) is 11.8 Å². The first-order valence-corrected chi connectivity index (χ1v) is 7.73. The van der Waals surface area contributed by atoms with Gasteiger partial charge in [0.25, 0.3) is 0 Å². The van der Waals surface area contributed by atoms with Crippen LogP contribution in [0.15, 0.2) is 64.5 Å². The predicted octanol–water partition coefficient (Wildman–Crippen LogP) is 4.65. The first kappa shape index (κ1) is 13.0. The van der Waals surface area contributed by atoms with Gasteiger partial charge in [0.1, 0.15) is 0 Å². The number of nitrogens with zero attached hydrogens (tertiary/aromatic N) is 2. The van der Waals surface area contributed by atoms with E-state index in [4.69, 9.17) is 0 Å². The van der Waals surface area contributed by atoms with Gasteiger partial charge in [0.15, 0.2) is 0 Å². The smallest absolute Gasteiger partial charge is 0.0766 e. The van der Waals surface area contributed by atoms with Crippen molar-refractivity contribution in [1.82, 2.24) is 4.57 Å². The summed E-state index contributed by atoms with van der Waals surface area (Å²) < 4.78 is 2.17. The summed E-state index contributed by atoms with van der Waals surface area (Å²) in [6.07, 6.45) is 4.01. The summed E-state index contributed by atoms with van der Waals surface area (Å²) in [6, 6.07) is 18.8. The maximum atomic E-state index is 4.64. The van der Waals surface area contributed by atoms with Gasteiger partial charge in [0.05, 0.1) is 17.6 Å². The largest absolute Gasteiger partial charge is 0.343 e. The standard InChI is InChI=1S/C17H16N2S/c1-19-14(11-13-7-3-5-9-16(13)19)12-18-15-8-4-6-10-17(15)20-2/h3-12H,1-2H3. The highest BCUT2D eigenvalue weighted by atomic mass is 32.2. The lowest BCUT2D eigenvalue weighted by Gasteiger charge is -2.02. The summed E-state index contributed by atoms with van der Waals surface area (Å²) in [6.45, 7) is 0. The van der Waals surface area contributed by atoms with Crippen molar-refractivity contribution in [2.45, 2.75) is 4.90 Å². The van der Waals surface area contributed by atoms with Gasteiger partial charge in [0.2, 0.25) is 0 Å². The van der Waals surface area contributed by atoms with Crippen molar-refractivity contribution in [3.63, 3.8) is 0 Å². The highest BCUT2D eigenvalue weighted by Crippen LogP contribution is 2.27. The Labute approximate surface area is 123 Å². The van der Waals surface area contributed by atoms with Crippen molar-refractivity contribution in [1.29, 1.82) is 0 Å². The first-order chi connectivity index (χ1) is 9.79. The van der Waals surface area contributed by atoms with Gasteiger partial charge in [0, 0.05) is 22.8 Å². The lowest BCUT2D eigenvalue weighted by atomic mass is 10.2. The molecule has 3 aromatic rings. The van der Waals surface area contributed by atoms with Crippen molar-refractivity contribution in [3.8, 4) is 0 Å². The van der Waals surface area contributed by atoms with Crippen LogP contribution in [0, 0.1) is 0 Å². The molecule has 0 aliphatic carbocycles. The Balaban J connectivity index is 2.00. The molecule has 0 spiro atoms.